The molecule has 0 amide bonds. The third kappa shape index (κ3) is 1.56. The molecule has 14 heavy (non-hydrogen) atoms. The molecule has 0 fully saturated rings. The minimum Gasteiger partial charge on any atom is -0.223 e. The second-order valence-corrected chi connectivity index (χ2v) is 3.26. The zero-order chi connectivity index (χ0) is 10.1. The smallest absolute Gasteiger partial charge is 0.160 e. The Kier molecular flexibility index (Phi) is 2.35. The molecule has 2 rings (SSSR count). The van der Waals surface area contributed by atoms with Crippen LogP contribution in [0.15, 0.2) is 12.7 Å². The SMILES string of the molecule is Cc1nc(Cl)c(-n2cncn2)c(Cl)n1. The van der Waals surface area contributed by atoms with Gasteiger partial charge in [-0.2, -0.15) is 5.10 Å². The van der Waals surface area contributed by atoms with Crippen LogP contribution >= 0.6 is 23.2 Å². The number of aryl methyl sites for hydroxylation is 1. The van der Waals surface area contributed by atoms with Gasteiger partial charge in [-0.25, -0.2) is 19.6 Å². The van der Waals surface area contributed by atoms with Gasteiger partial charge in [0.25, 0.3) is 0 Å². The molecular formula is C7H5Cl2N5. The molecule has 0 radical (unpaired) electrons. The number of aromatic nitrogens is 5. The van der Waals surface area contributed by atoms with E-state index >= 15 is 0 Å². The van der Waals surface area contributed by atoms with Crippen molar-refractivity contribution in [2.75, 3.05) is 0 Å². The first kappa shape index (κ1) is 9.36. The van der Waals surface area contributed by atoms with Crippen LogP contribution in [0.2, 0.25) is 10.3 Å². The monoisotopic (exact) mass is 229 g/mol. The van der Waals surface area contributed by atoms with Crippen molar-refractivity contribution >= 4 is 23.2 Å². The van der Waals surface area contributed by atoms with Crippen molar-refractivity contribution in [2.24, 2.45) is 0 Å². The van der Waals surface area contributed by atoms with E-state index in [4.69, 9.17) is 23.2 Å². The molecule has 0 saturated carbocycles. The van der Waals surface area contributed by atoms with Gasteiger partial charge in [-0.1, -0.05) is 23.2 Å². The summed E-state index contributed by atoms with van der Waals surface area (Å²) in [4.78, 5) is 11.7. The molecule has 0 bridgehead atoms. The summed E-state index contributed by atoms with van der Waals surface area (Å²) < 4.78 is 1.42. The normalized spacial score (nSPS) is 10.5. The van der Waals surface area contributed by atoms with E-state index in [0.717, 1.165) is 0 Å². The Morgan fingerprint density at radius 1 is 1.21 bits per heavy atom. The average Bonchev–Trinajstić information content (AvgIpc) is 2.54. The summed E-state index contributed by atoms with van der Waals surface area (Å²) in [5, 5.41) is 4.41. The number of hydrogen-bond acceptors (Lipinski definition) is 4. The van der Waals surface area contributed by atoms with E-state index in [2.05, 4.69) is 20.1 Å². The Morgan fingerprint density at radius 2 is 1.86 bits per heavy atom. The van der Waals surface area contributed by atoms with Crippen LogP contribution in [0.1, 0.15) is 5.82 Å². The summed E-state index contributed by atoms with van der Waals surface area (Å²) in [5.41, 5.74) is 0.441. The Hall–Kier alpha value is -1.20. The first-order valence-corrected chi connectivity index (χ1v) is 4.48. The Balaban J connectivity index is 2.64. The van der Waals surface area contributed by atoms with Crippen LogP contribution in [0.5, 0.6) is 0 Å². The van der Waals surface area contributed by atoms with Gasteiger partial charge in [-0.3, -0.25) is 0 Å². The van der Waals surface area contributed by atoms with Crippen molar-refractivity contribution in [2.45, 2.75) is 6.92 Å². The van der Waals surface area contributed by atoms with Crippen LogP contribution in [-0.4, -0.2) is 24.7 Å². The Labute approximate surface area is 89.7 Å². The lowest BCUT2D eigenvalue weighted by molar-refractivity contribution is 0.856. The first-order chi connectivity index (χ1) is 6.68. The lowest BCUT2D eigenvalue weighted by Gasteiger charge is -2.04. The summed E-state index contributed by atoms with van der Waals surface area (Å²) in [6.07, 6.45) is 2.86. The van der Waals surface area contributed by atoms with Gasteiger partial charge in [0.2, 0.25) is 0 Å². The zero-order valence-corrected chi connectivity index (χ0v) is 8.66. The molecule has 5 nitrogen and oxygen atoms in total. The van der Waals surface area contributed by atoms with Gasteiger partial charge in [0.1, 0.15) is 24.2 Å². The topological polar surface area (TPSA) is 56.5 Å². The molecule has 2 aromatic heterocycles. The van der Waals surface area contributed by atoms with Crippen molar-refractivity contribution in [3.63, 3.8) is 0 Å². The third-order valence-electron chi connectivity index (χ3n) is 1.56. The van der Waals surface area contributed by atoms with Crippen LogP contribution in [0, 0.1) is 6.92 Å². The highest BCUT2D eigenvalue weighted by atomic mass is 35.5. The van der Waals surface area contributed by atoms with Gasteiger partial charge in [0.15, 0.2) is 10.3 Å². The van der Waals surface area contributed by atoms with Crippen LogP contribution < -0.4 is 0 Å². The standard InChI is InChI=1S/C7H5Cl2N5/c1-4-12-6(8)5(7(9)13-4)14-3-10-2-11-14/h2-3H,1H3. The predicted octanol–water partition coefficient (Wildman–Crippen LogP) is 1.67. The lowest BCUT2D eigenvalue weighted by Crippen LogP contribution is -2.01. The predicted molar refractivity (Wildman–Crippen MR) is 51.7 cm³/mol. The number of halogens is 2. The maximum Gasteiger partial charge on any atom is 0.160 e. The maximum absolute atomic E-state index is 5.90. The summed E-state index contributed by atoms with van der Waals surface area (Å²) >= 11 is 11.8. The fourth-order valence-corrected chi connectivity index (χ4v) is 1.66. The number of rotatable bonds is 1. The minimum atomic E-state index is 0.257. The summed E-state index contributed by atoms with van der Waals surface area (Å²) in [7, 11) is 0. The lowest BCUT2D eigenvalue weighted by atomic mass is 10.5. The van der Waals surface area contributed by atoms with Gasteiger partial charge >= 0.3 is 0 Å². The van der Waals surface area contributed by atoms with E-state index < -0.39 is 0 Å². The molecule has 2 aromatic rings. The van der Waals surface area contributed by atoms with Gasteiger partial charge < -0.3 is 0 Å². The summed E-state index contributed by atoms with van der Waals surface area (Å²) in [5.74, 6) is 0.517. The molecule has 0 aliphatic carbocycles. The first-order valence-electron chi connectivity index (χ1n) is 3.73. The minimum absolute atomic E-state index is 0.257. The van der Waals surface area contributed by atoms with Crippen LogP contribution in [0.4, 0.5) is 0 Å². The molecule has 0 spiro atoms. The van der Waals surface area contributed by atoms with E-state index in [1.165, 1.54) is 17.3 Å². The molecule has 0 N–H and O–H groups in total. The van der Waals surface area contributed by atoms with Crippen molar-refractivity contribution in [1.82, 2.24) is 24.7 Å². The Morgan fingerprint density at radius 3 is 2.36 bits per heavy atom. The highest BCUT2D eigenvalue weighted by Crippen LogP contribution is 2.23. The fourth-order valence-electron chi connectivity index (χ4n) is 1.01. The molecule has 0 unspecified atom stereocenters. The maximum atomic E-state index is 5.90. The third-order valence-corrected chi connectivity index (χ3v) is 2.09. The van der Waals surface area contributed by atoms with E-state index in [9.17, 15) is 0 Å². The second-order valence-electron chi connectivity index (χ2n) is 2.54. The van der Waals surface area contributed by atoms with Crippen LogP contribution in [0.25, 0.3) is 5.69 Å². The molecule has 0 aliphatic heterocycles. The number of nitrogens with zero attached hydrogens (tertiary/aromatic N) is 5. The number of hydrogen-bond donors (Lipinski definition) is 0. The fraction of sp³-hybridized carbons (Fsp3) is 0.143. The van der Waals surface area contributed by atoms with E-state index in [-0.39, 0.29) is 10.3 Å². The summed E-state index contributed by atoms with van der Waals surface area (Å²) in [6.45, 7) is 1.71. The Bertz CT molecular complexity index is 430. The highest BCUT2D eigenvalue weighted by Gasteiger charge is 2.12. The van der Waals surface area contributed by atoms with Crippen LogP contribution in [0.3, 0.4) is 0 Å². The molecule has 2 heterocycles. The zero-order valence-electron chi connectivity index (χ0n) is 7.15. The summed E-state index contributed by atoms with van der Waals surface area (Å²) in [6, 6.07) is 0. The second kappa shape index (κ2) is 3.51. The molecule has 0 saturated heterocycles. The molecule has 0 aromatic carbocycles. The molecular weight excluding hydrogens is 225 g/mol. The molecule has 72 valence electrons. The van der Waals surface area contributed by atoms with E-state index in [1.54, 1.807) is 6.92 Å². The van der Waals surface area contributed by atoms with Crippen LogP contribution in [-0.2, 0) is 0 Å². The van der Waals surface area contributed by atoms with Gasteiger partial charge in [-0.15, -0.1) is 0 Å². The van der Waals surface area contributed by atoms with Gasteiger partial charge in [0, 0.05) is 0 Å². The quantitative estimate of drug-likeness (QED) is 0.699. The van der Waals surface area contributed by atoms with Crippen molar-refractivity contribution in [3.8, 4) is 5.69 Å². The van der Waals surface area contributed by atoms with Crippen molar-refractivity contribution < 1.29 is 0 Å². The molecule has 0 aliphatic rings. The van der Waals surface area contributed by atoms with Gasteiger partial charge in [-0.05, 0) is 6.92 Å². The van der Waals surface area contributed by atoms with Crippen molar-refractivity contribution in [3.05, 3.63) is 28.8 Å². The average molecular weight is 230 g/mol. The van der Waals surface area contributed by atoms with Crippen molar-refractivity contribution in [1.29, 1.82) is 0 Å². The van der Waals surface area contributed by atoms with Gasteiger partial charge in [0.05, 0.1) is 0 Å². The largest absolute Gasteiger partial charge is 0.223 e. The van der Waals surface area contributed by atoms with E-state index in [1.807, 2.05) is 0 Å². The van der Waals surface area contributed by atoms with E-state index in [0.29, 0.717) is 11.5 Å². The molecule has 7 heteroatoms. The highest BCUT2D eigenvalue weighted by molar-refractivity contribution is 6.36. The molecule has 0 atom stereocenters.